The van der Waals surface area contributed by atoms with Gasteiger partial charge in [0, 0.05) is 35.0 Å². The third kappa shape index (κ3) is 2.78. The maximum atomic E-state index is 11.3. The Morgan fingerprint density at radius 2 is 2.26 bits per heavy atom. The number of fused-ring (bicyclic) bond motifs is 1. The van der Waals surface area contributed by atoms with Gasteiger partial charge >= 0.3 is 0 Å². The van der Waals surface area contributed by atoms with E-state index in [0.29, 0.717) is 18.2 Å². The lowest BCUT2D eigenvalue weighted by Crippen LogP contribution is -2.29. The Kier molecular flexibility index (Phi) is 3.28. The van der Waals surface area contributed by atoms with Gasteiger partial charge in [0.1, 0.15) is 5.75 Å². The highest BCUT2D eigenvalue weighted by molar-refractivity contribution is 7.94. The van der Waals surface area contributed by atoms with Crippen molar-refractivity contribution in [2.45, 2.75) is 19.0 Å². The Hall–Kier alpha value is -1.04. The number of hydrogen-bond donors (Lipinski definition) is 1. The van der Waals surface area contributed by atoms with E-state index < -0.39 is 9.84 Å². The molecule has 0 aliphatic carbocycles. The Balaban J connectivity index is 1.73. The molecule has 1 N–H and O–H groups in total. The molecule has 19 heavy (non-hydrogen) atoms. The summed E-state index contributed by atoms with van der Waals surface area (Å²) in [6.07, 6.45) is 2.56. The summed E-state index contributed by atoms with van der Waals surface area (Å²) < 4.78 is 28.2. The molecule has 1 unspecified atom stereocenters. The number of halogens is 1. The molecule has 4 nitrogen and oxygen atoms in total. The molecule has 3 rings (SSSR count). The van der Waals surface area contributed by atoms with Crippen molar-refractivity contribution < 1.29 is 13.2 Å². The van der Waals surface area contributed by atoms with Crippen molar-refractivity contribution in [3.63, 3.8) is 0 Å². The monoisotopic (exact) mass is 299 g/mol. The van der Waals surface area contributed by atoms with E-state index in [1.165, 1.54) is 5.41 Å². The number of benzene rings is 1. The summed E-state index contributed by atoms with van der Waals surface area (Å²) in [7, 11) is -3.02. The first-order valence-corrected chi connectivity index (χ1v) is 8.21. The van der Waals surface area contributed by atoms with Gasteiger partial charge < -0.3 is 10.1 Å². The van der Waals surface area contributed by atoms with Gasteiger partial charge in [0.25, 0.3) is 0 Å². The average Bonchev–Trinajstić information content (AvgIpc) is 2.92. The molecule has 0 saturated heterocycles. The maximum Gasteiger partial charge on any atom is 0.173 e. The molecule has 0 saturated carbocycles. The van der Waals surface area contributed by atoms with Crippen molar-refractivity contribution in [1.29, 1.82) is 0 Å². The topological polar surface area (TPSA) is 55.4 Å². The molecule has 0 aromatic heterocycles. The Bertz CT molecular complexity index is 640. The zero-order valence-electron chi connectivity index (χ0n) is 10.2. The van der Waals surface area contributed by atoms with Gasteiger partial charge in [-0.15, -0.1) is 0 Å². The van der Waals surface area contributed by atoms with Gasteiger partial charge in [0.15, 0.2) is 9.84 Å². The van der Waals surface area contributed by atoms with Crippen LogP contribution in [0, 0.1) is 0 Å². The van der Waals surface area contributed by atoms with E-state index in [1.54, 1.807) is 6.08 Å². The summed E-state index contributed by atoms with van der Waals surface area (Å²) in [6.45, 7) is 1.23. The maximum absolute atomic E-state index is 11.3. The van der Waals surface area contributed by atoms with E-state index in [4.69, 9.17) is 16.3 Å². The predicted molar refractivity (Wildman–Crippen MR) is 74.2 cm³/mol. The zero-order valence-corrected chi connectivity index (χ0v) is 11.8. The molecule has 0 amide bonds. The third-order valence-corrected chi connectivity index (χ3v) is 4.92. The molecule has 2 aliphatic rings. The molecule has 0 bridgehead atoms. The van der Waals surface area contributed by atoms with Crippen molar-refractivity contribution in [1.82, 2.24) is 5.32 Å². The summed E-state index contributed by atoms with van der Waals surface area (Å²) in [5.74, 6) is 1.01. The van der Waals surface area contributed by atoms with Crippen LogP contribution < -0.4 is 10.1 Å². The Morgan fingerprint density at radius 1 is 1.42 bits per heavy atom. The summed E-state index contributed by atoms with van der Waals surface area (Å²) >= 11 is 6.08. The summed E-state index contributed by atoms with van der Waals surface area (Å²) in [5, 5.41) is 5.16. The minimum Gasteiger partial charge on any atom is -0.493 e. The lowest BCUT2D eigenvalue weighted by molar-refractivity contribution is 0.352. The molecule has 1 aromatic carbocycles. The standard InChI is InChI=1S/C13H14ClNO3S/c14-11-5-9-1-3-18-13(9)10(6-11)7-15-12-2-4-19(16,17)8-12/h2,4-6,12,15H,1,3,7-8H2. The second-order valence-corrected chi connectivity index (χ2v) is 7.16. The number of hydrogen-bond acceptors (Lipinski definition) is 4. The highest BCUT2D eigenvalue weighted by Gasteiger charge is 2.22. The van der Waals surface area contributed by atoms with E-state index in [0.717, 1.165) is 23.3 Å². The Labute approximate surface area is 117 Å². The van der Waals surface area contributed by atoms with Crippen LogP contribution in [-0.4, -0.2) is 26.8 Å². The first-order chi connectivity index (χ1) is 9.03. The highest BCUT2D eigenvalue weighted by Crippen LogP contribution is 2.32. The van der Waals surface area contributed by atoms with Gasteiger partial charge in [-0.25, -0.2) is 8.42 Å². The largest absolute Gasteiger partial charge is 0.493 e. The van der Waals surface area contributed by atoms with Gasteiger partial charge in [-0.1, -0.05) is 17.7 Å². The van der Waals surface area contributed by atoms with Crippen molar-refractivity contribution in [2.24, 2.45) is 0 Å². The van der Waals surface area contributed by atoms with Crippen LogP contribution >= 0.6 is 11.6 Å². The first-order valence-electron chi connectivity index (χ1n) is 6.12. The molecule has 1 atom stereocenters. The van der Waals surface area contributed by atoms with Crippen molar-refractivity contribution in [2.75, 3.05) is 12.4 Å². The van der Waals surface area contributed by atoms with Gasteiger partial charge in [0.05, 0.1) is 12.4 Å². The second-order valence-electron chi connectivity index (χ2n) is 4.80. The van der Waals surface area contributed by atoms with Crippen LogP contribution in [0.2, 0.25) is 5.02 Å². The fourth-order valence-electron chi connectivity index (χ4n) is 2.42. The number of ether oxygens (including phenoxy) is 1. The molecule has 102 valence electrons. The van der Waals surface area contributed by atoms with Crippen LogP contribution in [0.1, 0.15) is 11.1 Å². The van der Waals surface area contributed by atoms with Gasteiger partial charge in [-0.05, 0) is 17.7 Å². The quantitative estimate of drug-likeness (QED) is 0.922. The summed E-state index contributed by atoms with van der Waals surface area (Å²) in [6, 6.07) is 3.65. The van der Waals surface area contributed by atoms with Gasteiger partial charge in [-0.2, -0.15) is 0 Å². The fourth-order valence-corrected chi connectivity index (χ4v) is 3.95. The smallest absolute Gasteiger partial charge is 0.173 e. The zero-order chi connectivity index (χ0) is 13.5. The van der Waals surface area contributed by atoms with E-state index in [9.17, 15) is 8.42 Å². The number of sulfone groups is 1. The number of nitrogens with one attached hydrogen (secondary N) is 1. The van der Waals surface area contributed by atoms with E-state index in [2.05, 4.69) is 5.32 Å². The second kappa shape index (κ2) is 4.81. The SMILES string of the molecule is O=S1(=O)C=CC(NCc2cc(Cl)cc3c2OCC3)C1. The minimum atomic E-state index is -3.02. The van der Waals surface area contributed by atoms with Gasteiger partial charge in [-0.3, -0.25) is 0 Å². The molecule has 0 fully saturated rings. The van der Waals surface area contributed by atoms with Crippen LogP contribution in [0.15, 0.2) is 23.6 Å². The van der Waals surface area contributed by atoms with E-state index in [-0.39, 0.29) is 11.8 Å². The van der Waals surface area contributed by atoms with E-state index in [1.807, 2.05) is 12.1 Å². The lowest BCUT2D eigenvalue weighted by atomic mass is 10.1. The average molecular weight is 300 g/mol. The Morgan fingerprint density at radius 3 is 3.00 bits per heavy atom. The first kappa shape index (κ1) is 13.0. The molecular formula is C13H14ClNO3S. The molecular weight excluding hydrogens is 286 g/mol. The fraction of sp³-hybridized carbons (Fsp3) is 0.385. The van der Waals surface area contributed by atoms with Crippen LogP contribution in [0.3, 0.4) is 0 Å². The van der Waals surface area contributed by atoms with Gasteiger partial charge in [0.2, 0.25) is 0 Å². The number of rotatable bonds is 3. The molecule has 6 heteroatoms. The summed E-state index contributed by atoms with van der Waals surface area (Å²) in [4.78, 5) is 0. The summed E-state index contributed by atoms with van der Waals surface area (Å²) in [5.41, 5.74) is 2.11. The molecule has 2 aliphatic heterocycles. The molecule has 1 aromatic rings. The van der Waals surface area contributed by atoms with Crippen molar-refractivity contribution >= 4 is 21.4 Å². The molecule has 0 radical (unpaired) electrons. The van der Waals surface area contributed by atoms with Crippen LogP contribution in [0.25, 0.3) is 0 Å². The minimum absolute atomic E-state index is 0.122. The van der Waals surface area contributed by atoms with Crippen molar-refractivity contribution in [3.05, 3.63) is 39.8 Å². The van der Waals surface area contributed by atoms with Crippen LogP contribution in [0.4, 0.5) is 0 Å². The lowest BCUT2D eigenvalue weighted by Gasteiger charge is -2.13. The third-order valence-electron chi connectivity index (χ3n) is 3.31. The van der Waals surface area contributed by atoms with Crippen LogP contribution in [0.5, 0.6) is 5.75 Å². The van der Waals surface area contributed by atoms with Crippen LogP contribution in [-0.2, 0) is 22.8 Å². The molecule has 2 heterocycles. The normalized spacial score (nSPS) is 23.3. The van der Waals surface area contributed by atoms with Crippen molar-refractivity contribution in [3.8, 4) is 5.75 Å². The van der Waals surface area contributed by atoms with E-state index >= 15 is 0 Å². The predicted octanol–water partition coefficient (Wildman–Crippen LogP) is 1.68. The highest BCUT2D eigenvalue weighted by atomic mass is 35.5. The molecule has 0 spiro atoms.